The van der Waals surface area contributed by atoms with Gasteiger partial charge in [0.15, 0.2) is 0 Å². The summed E-state index contributed by atoms with van der Waals surface area (Å²) in [4.78, 5) is 17.7. The third kappa shape index (κ3) is 5.75. The van der Waals surface area contributed by atoms with Gasteiger partial charge in [0, 0.05) is 35.3 Å². The van der Waals surface area contributed by atoms with E-state index in [-0.39, 0.29) is 11.9 Å². The van der Waals surface area contributed by atoms with Gasteiger partial charge < -0.3 is 15.4 Å². The van der Waals surface area contributed by atoms with Crippen LogP contribution >= 0.6 is 0 Å². The molecule has 0 aliphatic heterocycles. The maximum Gasteiger partial charge on any atom is 0.237 e. The first kappa shape index (κ1) is 24.8. The summed E-state index contributed by atoms with van der Waals surface area (Å²) in [5.41, 5.74) is 5.13. The van der Waals surface area contributed by atoms with E-state index in [1.807, 2.05) is 55.2 Å². The Morgan fingerprint density at radius 1 is 0.974 bits per heavy atom. The molecule has 10 heteroatoms. The number of nitrogens with zero attached hydrogens (tertiary/aromatic N) is 6. The molecule has 2 N–H and O–H groups in total. The molecule has 9 nitrogen and oxygen atoms in total. The number of methoxy groups -OCH3 is 1. The van der Waals surface area contributed by atoms with Gasteiger partial charge in [0.1, 0.15) is 17.3 Å². The maximum atomic E-state index is 13.3. The number of rotatable bonds is 9. The van der Waals surface area contributed by atoms with Gasteiger partial charge in [-0.2, -0.15) is 10.1 Å². The minimum absolute atomic E-state index is 0.191. The minimum Gasteiger partial charge on any atom is -0.480 e. The van der Waals surface area contributed by atoms with Crippen LogP contribution in [0.3, 0.4) is 0 Å². The van der Waals surface area contributed by atoms with Crippen LogP contribution < -0.4 is 15.4 Å². The number of halogens is 1. The number of anilines is 3. The van der Waals surface area contributed by atoms with Crippen LogP contribution in [0.25, 0.3) is 11.1 Å². The first-order chi connectivity index (χ1) is 18.5. The fraction of sp³-hybridized carbons (Fsp3) is 0.179. The second-order valence-electron chi connectivity index (χ2n) is 8.81. The fourth-order valence-electron chi connectivity index (χ4n) is 3.92. The van der Waals surface area contributed by atoms with E-state index >= 15 is 0 Å². The summed E-state index contributed by atoms with van der Waals surface area (Å²) in [6, 6.07) is 14.9. The second kappa shape index (κ2) is 11.0. The number of pyridine rings is 2. The Morgan fingerprint density at radius 2 is 1.82 bits per heavy atom. The van der Waals surface area contributed by atoms with Crippen molar-refractivity contribution in [2.75, 3.05) is 17.7 Å². The average molecular weight is 511 g/mol. The van der Waals surface area contributed by atoms with Gasteiger partial charge in [-0.1, -0.05) is 30.3 Å². The van der Waals surface area contributed by atoms with Crippen molar-refractivity contribution < 1.29 is 9.13 Å². The number of benzene rings is 1. The van der Waals surface area contributed by atoms with Gasteiger partial charge in [0.25, 0.3) is 0 Å². The van der Waals surface area contributed by atoms with Crippen molar-refractivity contribution in [3.05, 3.63) is 102 Å². The molecule has 0 aliphatic rings. The Bertz CT molecular complexity index is 1520. The predicted octanol–water partition coefficient (Wildman–Crippen LogP) is 5.55. The largest absolute Gasteiger partial charge is 0.480 e. The molecular weight excluding hydrogens is 483 g/mol. The van der Waals surface area contributed by atoms with E-state index in [9.17, 15) is 4.39 Å². The lowest BCUT2D eigenvalue weighted by Crippen LogP contribution is -2.12. The summed E-state index contributed by atoms with van der Waals surface area (Å²) in [6.45, 7) is 4.52. The van der Waals surface area contributed by atoms with Gasteiger partial charge in [-0.3, -0.25) is 9.67 Å². The molecule has 0 saturated heterocycles. The molecule has 0 fully saturated rings. The summed E-state index contributed by atoms with van der Waals surface area (Å²) >= 11 is 0. The summed E-state index contributed by atoms with van der Waals surface area (Å²) in [7, 11) is 1.56. The molecule has 0 aliphatic carbocycles. The summed E-state index contributed by atoms with van der Waals surface area (Å²) < 4.78 is 20.6. The molecule has 5 aromatic rings. The lowest BCUT2D eigenvalue weighted by molar-refractivity contribution is 0.400. The molecule has 4 heterocycles. The predicted molar refractivity (Wildman–Crippen MR) is 144 cm³/mol. The molecule has 1 aromatic carbocycles. The zero-order valence-corrected chi connectivity index (χ0v) is 21.3. The maximum absolute atomic E-state index is 13.3. The molecule has 5 rings (SSSR count). The van der Waals surface area contributed by atoms with E-state index in [0.29, 0.717) is 35.6 Å². The zero-order chi connectivity index (χ0) is 26.5. The molecule has 0 radical (unpaired) electrons. The van der Waals surface area contributed by atoms with Crippen molar-refractivity contribution in [1.82, 2.24) is 29.7 Å². The molecule has 1 atom stereocenters. The van der Waals surface area contributed by atoms with Crippen LogP contribution in [0.2, 0.25) is 0 Å². The van der Waals surface area contributed by atoms with Gasteiger partial charge in [-0.15, -0.1) is 0 Å². The molecule has 192 valence electrons. The summed E-state index contributed by atoms with van der Waals surface area (Å²) in [6.07, 6.45) is 8.46. The normalized spacial score (nSPS) is 11.7. The number of hydrogen-bond acceptors (Lipinski definition) is 8. The monoisotopic (exact) mass is 510 g/mol. The molecule has 0 unspecified atom stereocenters. The van der Waals surface area contributed by atoms with Crippen LogP contribution in [0.1, 0.15) is 29.8 Å². The van der Waals surface area contributed by atoms with Gasteiger partial charge in [0.2, 0.25) is 11.8 Å². The highest BCUT2D eigenvalue weighted by atomic mass is 19.1. The van der Waals surface area contributed by atoms with E-state index in [1.54, 1.807) is 25.6 Å². The van der Waals surface area contributed by atoms with Crippen LogP contribution in [0, 0.1) is 12.7 Å². The van der Waals surface area contributed by atoms with Gasteiger partial charge >= 0.3 is 0 Å². The van der Waals surface area contributed by atoms with Gasteiger partial charge in [-0.05, 0) is 37.6 Å². The summed E-state index contributed by atoms with van der Waals surface area (Å²) in [5.74, 6) is 1.03. The van der Waals surface area contributed by atoms with Crippen molar-refractivity contribution in [2.45, 2.75) is 26.4 Å². The first-order valence-electron chi connectivity index (χ1n) is 12.1. The fourth-order valence-corrected chi connectivity index (χ4v) is 3.92. The number of nitrogens with one attached hydrogen (secondary N) is 2. The van der Waals surface area contributed by atoms with Gasteiger partial charge in [-0.25, -0.2) is 14.4 Å². The smallest absolute Gasteiger partial charge is 0.237 e. The van der Waals surface area contributed by atoms with Crippen molar-refractivity contribution in [3.8, 4) is 17.0 Å². The van der Waals surface area contributed by atoms with Crippen LogP contribution in [-0.4, -0.2) is 36.8 Å². The van der Waals surface area contributed by atoms with Gasteiger partial charge in [0.05, 0.1) is 37.8 Å². The number of ether oxygens (including phenoxy) is 1. The van der Waals surface area contributed by atoms with E-state index in [2.05, 4.69) is 47.8 Å². The molecular formula is C28H27FN8O. The Hall–Kier alpha value is -4.86. The number of aryl methyl sites for hydroxylation is 1. The van der Waals surface area contributed by atoms with Crippen LogP contribution in [0.5, 0.6) is 5.88 Å². The average Bonchev–Trinajstić information content (AvgIpc) is 3.40. The SMILES string of the molecule is COc1ncc(-c2cnn(Cc3ccccc3)c2)cc1Nc1ncc(C)c(N[C@@H](C)c2ccc(F)cn2)n1. The molecule has 0 amide bonds. The Labute approximate surface area is 219 Å². The first-order valence-corrected chi connectivity index (χ1v) is 12.1. The third-order valence-electron chi connectivity index (χ3n) is 5.96. The highest BCUT2D eigenvalue weighted by molar-refractivity contribution is 5.71. The Kier molecular flexibility index (Phi) is 7.21. The number of hydrogen-bond donors (Lipinski definition) is 2. The Morgan fingerprint density at radius 3 is 2.58 bits per heavy atom. The quantitative estimate of drug-likeness (QED) is 0.266. The van der Waals surface area contributed by atoms with Crippen molar-refractivity contribution >= 4 is 17.5 Å². The lowest BCUT2D eigenvalue weighted by Gasteiger charge is -2.17. The second-order valence-corrected chi connectivity index (χ2v) is 8.81. The molecule has 0 spiro atoms. The van der Waals surface area contributed by atoms with E-state index in [1.165, 1.54) is 17.8 Å². The lowest BCUT2D eigenvalue weighted by atomic mass is 10.1. The van der Waals surface area contributed by atoms with Crippen molar-refractivity contribution in [3.63, 3.8) is 0 Å². The van der Waals surface area contributed by atoms with E-state index in [0.717, 1.165) is 16.7 Å². The molecule has 0 saturated carbocycles. The van der Waals surface area contributed by atoms with Crippen LogP contribution in [-0.2, 0) is 6.54 Å². The molecule has 4 aromatic heterocycles. The molecule has 38 heavy (non-hydrogen) atoms. The van der Waals surface area contributed by atoms with E-state index < -0.39 is 0 Å². The zero-order valence-electron chi connectivity index (χ0n) is 21.3. The third-order valence-corrected chi connectivity index (χ3v) is 5.96. The summed E-state index contributed by atoms with van der Waals surface area (Å²) in [5, 5.41) is 11.1. The molecule has 0 bridgehead atoms. The topological polar surface area (TPSA) is 103 Å². The van der Waals surface area contributed by atoms with Crippen molar-refractivity contribution in [2.24, 2.45) is 0 Å². The van der Waals surface area contributed by atoms with Crippen LogP contribution in [0.15, 0.2) is 79.5 Å². The standard InChI is InChI=1S/C28H27FN8O/c1-18-12-32-28(36-26(18)34-19(2)24-10-9-23(29)15-30-24)35-25-11-21(13-31-27(25)38-3)22-14-33-37(17-22)16-20-7-5-4-6-8-20/h4-15,17,19H,16H2,1-3H3,(H2,32,34,35,36)/t19-/m0/s1. The number of aromatic nitrogens is 6. The Balaban J connectivity index is 1.36. The van der Waals surface area contributed by atoms with Crippen LogP contribution in [0.4, 0.5) is 21.8 Å². The highest BCUT2D eigenvalue weighted by Gasteiger charge is 2.14. The van der Waals surface area contributed by atoms with Crippen molar-refractivity contribution in [1.29, 1.82) is 0 Å². The highest BCUT2D eigenvalue weighted by Crippen LogP contribution is 2.30. The minimum atomic E-state index is -0.376. The van der Waals surface area contributed by atoms with E-state index in [4.69, 9.17) is 4.74 Å².